The molecule has 194 valence electrons. The van der Waals surface area contributed by atoms with Crippen molar-refractivity contribution in [3.8, 4) is 5.75 Å². The summed E-state index contributed by atoms with van der Waals surface area (Å²) in [5, 5.41) is 3.02. The molecule has 3 aromatic rings. The van der Waals surface area contributed by atoms with E-state index in [2.05, 4.69) is 10.2 Å². The molecule has 0 spiro atoms. The smallest absolute Gasteiger partial charge is 0.261 e. The van der Waals surface area contributed by atoms with Gasteiger partial charge in [0, 0.05) is 32.7 Å². The van der Waals surface area contributed by atoms with Gasteiger partial charge >= 0.3 is 0 Å². The van der Waals surface area contributed by atoms with Crippen LogP contribution in [0.4, 0.5) is 4.39 Å². The first kappa shape index (κ1) is 26.3. The Labute approximate surface area is 216 Å². The quantitative estimate of drug-likeness (QED) is 0.433. The summed E-state index contributed by atoms with van der Waals surface area (Å²) in [6.45, 7) is 4.03. The number of carbonyl (C=O) groups excluding carboxylic acids is 2. The van der Waals surface area contributed by atoms with Gasteiger partial charge in [-0.15, -0.1) is 0 Å². The van der Waals surface area contributed by atoms with E-state index >= 15 is 0 Å². The number of hydrogen-bond acceptors (Lipinski definition) is 5. The van der Waals surface area contributed by atoms with Gasteiger partial charge in [-0.1, -0.05) is 60.7 Å². The molecule has 2 amide bonds. The van der Waals surface area contributed by atoms with Crippen molar-refractivity contribution in [1.29, 1.82) is 0 Å². The fourth-order valence-corrected chi connectivity index (χ4v) is 4.22. The lowest BCUT2D eigenvalue weighted by atomic mass is 10.0. The zero-order chi connectivity index (χ0) is 25.9. The van der Waals surface area contributed by atoms with E-state index in [1.807, 2.05) is 48.5 Å². The number of amides is 2. The van der Waals surface area contributed by atoms with Crippen LogP contribution >= 0.6 is 0 Å². The van der Waals surface area contributed by atoms with Crippen LogP contribution in [0.1, 0.15) is 17.2 Å². The van der Waals surface area contributed by atoms with Crippen LogP contribution in [-0.2, 0) is 20.9 Å². The molecule has 37 heavy (non-hydrogen) atoms. The Morgan fingerprint density at radius 3 is 2.27 bits per heavy atom. The average Bonchev–Trinajstić information content (AvgIpc) is 2.94. The van der Waals surface area contributed by atoms with Gasteiger partial charge in [0.2, 0.25) is 5.91 Å². The summed E-state index contributed by atoms with van der Waals surface area (Å²) in [6, 6.07) is 23.3. The number of carbonyl (C=O) groups is 2. The van der Waals surface area contributed by atoms with Gasteiger partial charge in [-0.3, -0.25) is 14.5 Å². The Balaban J connectivity index is 1.55. The van der Waals surface area contributed by atoms with Crippen LogP contribution in [0.15, 0.2) is 84.9 Å². The number of hydrogen-bond donors (Lipinski definition) is 1. The molecule has 7 nitrogen and oxygen atoms in total. The molecule has 1 aliphatic rings. The van der Waals surface area contributed by atoms with Crippen molar-refractivity contribution in [1.82, 2.24) is 15.1 Å². The highest BCUT2D eigenvalue weighted by Crippen LogP contribution is 2.24. The van der Waals surface area contributed by atoms with Crippen molar-refractivity contribution >= 4 is 11.8 Å². The third-order valence-electron chi connectivity index (χ3n) is 6.20. The van der Waals surface area contributed by atoms with E-state index in [0.29, 0.717) is 43.2 Å². The lowest BCUT2D eigenvalue weighted by Crippen LogP contribution is -2.47. The summed E-state index contributed by atoms with van der Waals surface area (Å²) < 4.78 is 24.7. The molecule has 3 aromatic carbocycles. The highest BCUT2D eigenvalue weighted by Gasteiger charge is 2.32. The van der Waals surface area contributed by atoms with Crippen molar-refractivity contribution < 1.29 is 23.5 Å². The molecule has 1 saturated heterocycles. The Morgan fingerprint density at radius 1 is 0.946 bits per heavy atom. The molecule has 0 aromatic heterocycles. The molecule has 4 rings (SSSR count). The maximum atomic E-state index is 13.6. The normalized spacial score (nSPS) is 14.5. The predicted octanol–water partition coefficient (Wildman–Crippen LogP) is 3.42. The first-order chi connectivity index (χ1) is 18.1. The largest absolute Gasteiger partial charge is 0.484 e. The molecular formula is C29H32FN3O4. The molecule has 1 N–H and O–H groups in total. The van der Waals surface area contributed by atoms with Crippen molar-refractivity contribution in [2.45, 2.75) is 12.6 Å². The van der Waals surface area contributed by atoms with Gasteiger partial charge in [0.25, 0.3) is 5.91 Å². The highest BCUT2D eigenvalue weighted by atomic mass is 19.1. The maximum Gasteiger partial charge on any atom is 0.261 e. The number of halogens is 1. The number of rotatable bonds is 11. The second-order valence-electron chi connectivity index (χ2n) is 8.81. The summed E-state index contributed by atoms with van der Waals surface area (Å²) in [4.78, 5) is 30.9. The van der Waals surface area contributed by atoms with Crippen LogP contribution in [0.25, 0.3) is 0 Å². The highest BCUT2D eigenvalue weighted by molar-refractivity contribution is 5.89. The summed E-state index contributed by atoms with van der Waals surface area (Å²) in [7, 11) is 0. The van der Waals surface area contributed by atoms with E-state index in [0.717, 1.165) is 13.1 Å². The van der Waals surface area contributed by atoms with Gasteiger partial charge in [0.15, 0.2) is 6.61 Å². The summed E-state index contributed by atoms with van der Waals surface area (Å²) in [5.41, 5.74) is 1.39. The third-order valence-corrected chi connectivity index (χ3v) is 6.20. The lowest BCUT2D eigenvalue weighted by Gasteiger charge is -2.32. The second-order valence-corrected chi connectivity index (χ2v) is 8.81. The summed E-state index contributed by atoms with van der Waals surface area (Å²) in [5.74, 6) is -0.446. The lowest BCUT2D eigenvalue weighted by molar-refractivity contribution is -0.143. The number of ether oxygens (including phenoxy) is 2. The van der Waals surface area contributed by atoms with E-state index in [1.165, 1.54) is 17.0 Å². The molecule has 1 fully saturated rings. The van der Waals surface area contributed by atoms with Crippen LogP contribution < -0.4 is 10.1 Å². The number of benzene rings is 3. The van der Waals surface area contributed by atoms with E-state index in [-0.39, 0.29) is 30.8 Å². The minimum atomic E-state index is -0.886. The Morgan fingerprint density at radius 2 is 1.59 bits per heavy atom. The molecule has 1 heterocycles. The molecule has 1 unspecified atom stereocenters. The number of nitrogens with zero attached hydrogens (tertiary/aromatic N) is 2. The Hall–Kier alpha value is -3.75. The zero-order valence-corrected chi connectivity index (χ0v) is 20.7. The minimum absolute atomic E-state index is 0.119. The van der Waals surface area contributed by atoms with Crippen LogP contribution in [0.5, 0.6) is 5.75 Å². The fraction of sp³-hybridized carbons (Fsp3) is 0.310. The van der Waals surface area contributed by atoms with Gasteiger partial charge in [0.05, 0.1) is 13.2 Å². The van der Waals surface area contributed by atoms with Crippen molar-refractivity contribution in [3.63, 3.8) is 0 Å². The van der Waals surface area contributed by atoms with Crippen LogP contribution in [0, 0.1) is 5.82 Å². The van der Waals surface area contributed by atoms with Crippen molar-refractivity contribution in [3.05, 3.63) is 102 Å². The fourth-order valence-electron chi connectivity index (χ4n) is 4.22. The van der Waals surface area contributed by atoms with Crippen LogP contribution in [0.3, 0.4) is 0 Å². The Kier molecular flexibility index (Phi) is 9.62. The van der Waals surface area contributed by atoms with Crippen molar-refractivity contribution in [2.75, 3.05) is 46.0 Å². The molecular weight excluding hydrogens is 473 g/mol. The third kappa shape index (κ3) is 7.87. The molecule has 0 aliphatic carbocycles. The minimum Gasteiger partial charge on any atom is -0.484 e. The number of nitrogens with one attached hydrogen (secondary N) is 1. The standard InChI is InChI=1S/C29H32FN3O4/c30-25-13-11-23(12-14-25)21-33(27(34)22-37-26-9-5-2-6-10-26)28(24-7-3-1-4-8-24)29(35)31-15-16-32-17-19-36-20-18-32/h1-14,28H,15-22H2,(H,31,35). The van der Waals surface area contributed by atoms with Crippen molar-refractivity contribution in [2.24, 2.45) is 0 Å². The SMILES string of the molecule is O=C(NCCN1CCOCC1)C(c1ccccc1)N(Cc1ccc(F)cc1)C(=O)COc1ccccc1. The van der Waals surface area contributed by atoms with Gasteiger partial charge in [-0.2, -0.15) is 0 Å². The average molecular weight is 506 g/mol. The van der Waals surface area contributed by atoms with E-state index < -0.39 is 6.04 Å². The van der Waals surface area contributed by atoms with Gasteiger partial charge in [-0.05, 0) is 35.4 Å². The topological polar surface area (TPSA) is 71.1 Å². The first-order valence-electron chi connectivity index (χ1n) is 12.4. The second kappa shape index (κ2) is 13.5. The molecule has 0 saturated carbocycles. The van der Waals surface area contributed by atoms with Crippen LogP contribution in [0.2, 0.25) is 0 Å². The molecule has 1 aliphatic heterocycles. The van der Waals surface area contributed by atoms with Gasteiger partial charge in [-0.25, -0.2) is 4.39 Å². The number of para-hydroxylation sites is 1. The van der Waals surface area contributed by atoms with E-state index in [1.54, 1.807) is 24.3 Å². The van der Waals surface area contributed by atoms with Gasteiger partial charge < -0.3 is 19.7 Å². The summed E-state index contributed by atoms with van der Waals surface area (Å²) in [6.07, 6.45) is 0. The van der Waals surface area contributed by atoms with Gasteiger partial charge in [0.1, 0.15) is 17.6 Å². The van der Waals surface area contributed by atoms with E-state index in [4.69, 9.17) is 9.47 Å². The zero-order valence-electron chi connectivity index (χ0n) is 20.7. The first-order valence-corrected chi connectivity index (χ1v) is 12.4. The maximum absolute atomic E-state index is 13.6. The predicted molar refractivity (Wildman–Crippen MR) is 138 cm³/mol. The van der Waals surface area contributed by atoms with E-state index in [9.17, 15) is 14.0 Å². The Bertz CT molecular complexity index is 1120. The molecule has 1 atom stereocenters. The molecule has 0 bridgehead atoms. The number of morpholine rings is 1. The molecule has 0 radical (unpaired) electrons. The summed E-state index contributed by atoms with van der Waals surface area (Å²) >= 11 is 0. The monoisotopic (exact) mass is 505 g/mol. The van der Waals surface area contributed by atoms with Crippen LogP contribution in [-0.4, -0.2) is 67.6 Å². The molecule has 8 heteroatoms.